The Morgan fingerprint density at radius 3 is 2.64 bits per heavy atom. The van der Waals surface area contributed by atoms with Crippen molar-refractivity contribution in [2.75, 3.05) is 13.1 Å². The number of sulfonamides is 1. The first-order valence-electron chi connectivity index (χ1n) is 9.10. The van der Waals surface area contributed by atoms with E-state index >= 15 is 0 Å². The van der Waals surface area contributed by atoms with Crippen molar-refractivity contribution in [3.8, 4) is 11.4 Å². The van der Waals surface area contributed by atoms with Gasteiger partial charge in [-0.3, -0.25) is 0 Å². The number of rotatable bonds is 4. The Hall–Kier alpha value is -2.22. The summed E-state index contributed by atoms with van der Waals surface area (Å²) in [4.78, 5) is 4.64. The number of halogens is 1. The van der Waals surface area contributed by atoms with Gasteiger partial charge in [0.1, 0.15) is 4.90 Å². The Morgan fingerprint density at radius 1 is 1.14 bits per heavy atom. The Balaban J connectivity index is 1.56. The number of hydrogen-bond acceptors (Lipinski definition) is 5. The predicted molar refractivity (Wildman–Crippen MR) is 107 cm³/mol. The molecule has 0 amide bonds. The fraction of sp³-hybridized carbons (Fsp3) is 0.300. The molecular formula is C20H20ClN3O3S. The van der Waals surface area contributed by atoms with Crippen molar-refractivity contribution >= 4 is 21.6 Å². The zero-order valence-electron chi connectivity index (χ0n) is 15.4. The Bertz CT molecular complexity index is 1080. The second-order valence-electron chi connectivity index (χ2n) is 6.95. The lowest BCUT2D eigenvalue weighted by molar-refractivity contribution is 0.265. The summed E-state index contributed by atoms with van der Waals surface area (Å²) in [5.74, 6) is 0.841. The van der Waals surface area contributed by atoms with E-state index in [1.807, 2.05) is 31.2 Å². The highest BCUT2D eigenvalue weighted by Gasteiger charge is 2.34. The van der Waals surface area contributed by atoms with Crippen molar-refractivity contribution in [1.82, 2.24) is 14.4 Å². The van der Waals surface area contributed by atoms with Crippen molar-refractivity contribution in [2.45, 2.75) is 30.6 Å². The lowest BCUT2D eigenvalue weighted by atomic mass is 10.00. The molecule has 1 fully saturated rings. The monoisotopic (exact) mass is 417 g/mol. The van der Waals surface area contributed by atoms with Crippen molar-refractivity contribution in [3.63, 3.8) is 0 Å². The van der Waals surface area contributed by atoms with Gasteiger partial charge in [-0.2, -0.15) is 9.29 Å². The maximum absolute atomic E-state index is 13.0. The molecule has 0 saturated carbocycles. The van der Waals surface area contributed by atoms with Crippen molar-refractivity contribution in [1.29, 1.82) is 0 Å². The smallest absolute Gasteiger partial charge is 0.244 e. The SMILES string of the molecule is Cc1ccc(-c2noc([C@H]3CCCN(S(=O)(=O)c4ccccc4Cl)C3)n2)cc1. The lowest BCUT2D eigenvalue weighted by Gasteiger charge is -2.30. The van der Waals surface area contributed by atoms with Crippen LogP contribution in [0.15, 0.2) is 57.9 Å². The van der Waals surface area contributed by atoms with Gasteiger partial charge < -0.3 is 4.52 Å². The van der Waals surface area contributed by atoms with Crippen molar-refractivity contribution in [2.24, 2.45) is 0 Å². The molecule has 2 heterocycles. The average molecular weight is 418 g/mol. The van der Waals surface area contributed by atoms with Crippen LogP contribution in [0, 0.1) is 6.92 Å². The van der Waals surface area contributed by atoms with E-state index in [1.54, 1.807) is 18.2 Å². The molecule has 28 heavy (non-hydrogen) atoms. The van der Waals surface area contributed by atoms with Gasteiger partial charge in [-0.05, 0) is 31.9 Å². The number of aromatic nitrogens is 2. The van der Waals surface area contributed by atoms with E-state index in [0.29, 0.717) is 24.8 Å². The molecule has 1 atom stereocenters. The van der Waals surface area contributed by atoms with Crippen LogP contribution in [-0.2, 0) is 10.0 Å². The minimum atomic E-state index is -3.67. The zero-order valence-corrected chi connectivity index (χ0v) is 16.9. The zero-order chi connectivity index (χ0) is 19.7. The number of benzene rings is 2. The minimum Gasteiger partial charge on any atom is -0.339 e. The predicted octanol–water partition coefficient (Wildman–Crippen LogP) is 4.27. The Morgan fingerprint density at radius 2 is 1.89 bits per heavy atom. The fourth-order valence-electron chi connectivity index (χ4n) is 3.38. The van der Waals surface area contributed by atoms with Gasteiger partial charge in [0.05, 0.1) is 10.9 Å². The van der Waals surface area contributed by atoms with Crippen molar-refractivity contribution < 1.29 is 12.9 Å². The molecule has 0 unspecified atom stereocenters. The van der Waals surface area contributed by atoms with E-state index in [0.717, 1.165) is 24.0 Å². The first-order valence-corrected chi connectivity index (χ1v) is 10.9. The van der Waals surface area contributed by atoms with Gasteiger partial charge in [0.15, 0.2) is 0 Å². The van der Waals surface area contributed by atoms with Gasteiger partial charge in [-0.25, -0.2) is 8.42 Å². The molecular weight excluding hydrogens is 398 g/mol. The van der Waals surface area contributed by atoms with Gasteiger partial charge >= 0.3 is 0 Å². The van der Waals surface area contributed by atoms with Gasteiger partial charge in [0.2, 0.25) is 21.7 Å². The lowest BCUT2D eigenvalue weighted by Crippen LogP contribution is -2.39. The summed E-state index contributed by atoms with van der Waals surface area (Å²) >= 11 is 6.12. The molecule has 4 rings (SSSR count). The van der Waals surface area contributed by atoms with E-state index in [-0.39, 0.29) is 15.8 Å². The molecule has 3 aromatic rings. The average Bonchev–Trinajstić information content (AvgIpc) is 3.19. The summed E-state index contributed by atoms with van der Waals surface area (Å²) < 4.78 is 33.0. The maximum Gasteiger partial charge on any atom is 0.244 e. The fourth-order valence-corrected chi connectivity index (χ4v) is 5.39. The molecule has 6 nitrogen and oxygen atoms in total. The van der Waals surface area contributed by atoms with Crippen LogP contribution < -0.4 is 0 Å². The summed E-state index contributed by atoms with van der Waals surface area (Å²) in [5.41, 5.74) is 2.03. The highest BCUT2D eigenvalue weighted by Crippen LogP contribution is 2.32. The summed E-state index contributed by atoms with van der Waals surface area (Å²) in [5, 5.41) is 4.30. The van der Waals surface area contributed by atoms with Crippen LogP contribution in [0.4, 0.5) is 0 Å². The van der Waals surface area contributed by atoms with Gasteiger partial charge in [-0.1, -0.05) is 58.7 Å². The molecule has 1 aliphatic rings. The first kappa shape index (κ1) is 19.1. The van der Waals surface area contributed by atoms with Crippen LogP contribution in [0.25, 0.3) is 11.4 Å². The molecule has 0 spiro atoms. The van der Waals surface area contributed by atoms with Crippen LogP contribution in [0.2, 0.25) is 5.02 Å². The largest absolute Gasteiger partial charge is 0.339 e. The third-order valence-electron chi connectivity index (χ3n) is 4.94. The van der Waals surface area contributed by atoms with E-state index in [2.05, 4.69) is 10.1 Å². The normalized spacial score (nSPS) is 18.3. The highest BCUT2D eigenvalue weighted by atomic mass is 35.5. The minimum absolute atomic E-state index is 0.128. The number of nitrogens with zero attached hydrogens (tertiary/aromatic N) is 3. The molecule has 0 N–H and O–H groups in total. The summed E-state index contributed by atoms with van der Waals surface area (Å²) in [7, 11) is -3.67. The van der Waals surface area contributed by atoms with Crippen LogP contribution in [0.3, 0.4) is 0 Å². The third-order valence-corrected chi connectivity index (χ3v) is 7.30. The second kappa shape index (κ2) is 7.66. The van der Waals surface area contributed by atoms with E-state index in [1.165, 1.54) is 10.4 Å². The van der Waals surface area contributed by atoms with Crippen LogP contribution in [0.1, 0.15) is 30.2 Å². The Kier molecular flexibility index (Phi) is 5.23. The topological polar surface area (TPSA) is 76.3 Å². The second-order valence-corrected chi connectivity index (χ2v) is 9.27. The van der Waals surface area contributed by atoms with E-state index in [4.69, 9.17) is 16.1 Å². The molecule has 1 aliphatic heterocycles. The van der Waals surface area contributed by atoms with E-state index < -0.39 is 10.0 Å². The van der Waals surface area contributed by atoms with Crippen LogP contribution in [0.5, 0.6) is 0 Å². The van der Waals surface area contributed by atoms with Crippen molar-refractivity contribution in [3.05, 3.63) is 65.0 Å². The van der Waals surface area contributed by atoms with Crippen LogP contribution in [-0.4, -0.2) is 36.0 Å². The standard InChI is InChI=1S/C20H20ClN3O3S/c1-14-8-10-15(11-9-14)19-22-20(27-23-19)16-5-4-12-24(13-16)28(25,26)18-7-3-2-6-17(18)21/h2-3,6-11,16H,4-5,12-13H2,1H3/t16-/m0/s1. The number of aryl methyl sites for hydroxylation is 1. The van der Waals surface area contributed by atoms with Crippen LogP contribution >= 0.6 is 11.6 Å². The van der Waals surface area contributed by atoms with Gasteiger partial charge in [-0.15, -0.1) is 0 Å². The summed E-state index contributed by atoms with van der Waals surface area (Å²) in [6, 6.07) is 14.4. The highest BCUT2D eigenvalue weighted by molar-refractivity contribution is 7.89. The first-order chi connectivity index (χ1) is 13.4. The Labute approximate surface area is 169 Å². The summed E-state index contributed by atoms with van der Waals surface area (Å²) in [6.45, 7) is 2.76. The van der Waals surface area contributed by atoms with Gasteiger partial charge in [0.25, 0.3) is 0 Å². The molecule has 0 radical (unpaired) electrons. The molecule has 8 heteroatoms. The quantitative estimate of drug-likeness (QED) is 0.633. The molecule has 0 bridgehead atoms. The number of hydrogen-bond donors (Lipinski definition) is 0. The molecule has 1 saturated heterocycles. The molecule has 0 aliphatic carbocycles. The molecule has 2 aromatic carbocycles. The molecule has 1 aromatic heterocycles. The van der Waals surface area contributed by atoms with Gasteiger partial charge in [0, 0.05) is 18.7 Å². The van der Waals surface area contributed by atoms with E-state index in [9.17, 15) is 8.42 Å². The number of piperidine rings is 1. The summed E-state index contributed by atoms with van der Waals surface area (Å²) in [6.07, 6.45) is 1.51. The molecule has 146 valence electrons. The third kappa shape index (κ3) is 3.70. The maximum atomic E-state index is 13.0.